The normalized spacial score (nSPS) is 17.1. The molecule has 0 fully saturated rings. The van der Waals surface area contributed by atoms with Crippen LogP contribution in [-0.2, 0) is 19.1 Å². The average molecular weight is 421 g/mol. The van der Waals surface area contributed by atoms with Crippen LogP contribution in [0, 0.1) is 20.2 Å². The monoisotopic (exact) mass is 421 g/mol. The van der Waals surface area contributed by atoms with Gasteiger partial charge in [0.2, 0.25) is 0 Å². The highest BCUT2D eigenvalue weighted by atomic mass is 16.7. The van der Waals surface area contributed by atoms with Gasteiger partial charge in [-0.05, 0) is 19.4 Å². The predicted molar refractivity (Wildman–Crippen MR) is 100 cm³/mol. The molecule has 1 aliphatic heterocycles. The largest absolute Gasteiger partial charge is 0.466 e. The maximum absolute atomic E-state index is 12.7. The van der Waals surface area contributed by atoms with Crippen molar-refractivity contribution in [2.75, 3.05) is 13.7 Å². The summed E-state index contributed by atoms with van der Waals surface area (Å²) in [6.45, 7) is 2.17. The van der Waals surface area contributed by atoms with Crippen LogP contribution < -0.4 is 5.32 Å². The number of nitrogens with one attached hydrogen (secondary N) is 1. The number of benzene rings is 1. The van der Waals surface area contributed by atoms with Gasteiger partial charge in [-0.2, -0.15) is 0 Å². The Kier molecular flexibility index (Phi) is 6.85. The quantitative estimate of drug-likeness (QED) is 0.281. The van der Waals surface area contributed by atoms with Crippen molar-refractivity contribution < 1.29 is 34.0 Å². The van der Waals surface area contributed by atoms with E-state index in [9.17, 15) is 34.9 Å². The van der Waals surface area contributed by atoms with Crippen molar-refractivity contribution in [3.8, 4) is 0 Å². The first-order valence-electron chi connectivity index (χ1n) is 8.58. The molecule has 2 atom stereocenters. The molecule has 1 aliphatic rings. The van der Waals surface area contributed by atoms with E-state index in [1.54, 1.807) is 6.92 Å². The maximum Gasteiger partial charge on any atom is 0.347 e. The lowest BCUT2D eigenvalue weighted by Gasteiger charge is -2.30. The number of aliphatic hydroxyl groups excluding tert-OH is 1. The number of hydrogen-bond acceptors (Lipinski definition) is 10. The zero-order valence-corrected chi connectivity index (χ0v) is 16.3. The molecule has 0 aromatic heterocycles. The number of nitrogens with zero attached hydrogens (tertiary/aromatic N) is 2. The summed E-state index contributed by atoms with van der Waals surface area (Å²) in [6, 6.07) is 5.35. The summed E-state index contributed by atoms with van der Waals surface area (Å²) in [5.74, 6) is -2.91. The molecule has 0 saturated carbocycles. The van der Waals surface area contributed by atoms with Crippen LogP contribution in [-0.4, -0.2) is 46.8 Å². The molecule has 0 bridgehead atoms. The zero-order valence-electron chi connectivity index (χ0n) is 16.3. The summed E-state index contributed by atoms with van der Waals surface area (Å²) < 4.78 is 9.67. The Labute approximate surface area is 170 Å². The second kappa shape index (κ2) is 9.13. The summed E-state index contributed by atoms with van der Waals surface area (Å²) in [6.07, 6.45) is -2.12. The number of rotatable bonds is 7. The van der Waals surface area contributed by atoms with Gasteiger partial charge < -0.3 is 19.9 Å². The van der Waals surface area contributed by atoms with Crippen LogP contribution in [0.25, 0.3) is 0 Å². The maximum atomic E-state index is 12.7. The van der Waals surface area contributed by atoms with E-state index in [0.29, 0.717) is 5.70 Å². The summed E-state index contributed by atoms with van der Waals surface area (Å²) in [5.41, 5.74) is 0.533. The Bertz CT molecular complexity index is 967. The van der Waals surface area contributed by atoms with Crippen LogP contribution in [0.1, 0.15) is 25.3 Å². The van der Waals surface area contributed by atoms with E-state index in [4.69, 9.17) is 9.47 Å². The molecule has 0 radical (unpaired) electrons. The fraction of sp³-hybridized carbons (Fsp3) is 0.333. The molecule has 0 saturated heterocycles. The van der Waals surface area contributed by atoms with Gasteiger partial charge in [0.05, 0.1) is 34.0 Å². The van der Waals surface area contributed by atoms with Crippen molar-refractivity contribution in [2.24, 2.45) is 0 Å². The van der Waals surface area contributed by atoms with Crippen LogP contribution >= 0.6 is 0 Å². The highest BCUT2D eigenvalue weighted by Gasteiger charge is 2.38. The first kappa shape index (κ1) is 22.5. The number of dihydropyridines is 1. The van der Waals surface area contributed by atoms with E-state index in [1.165, 1.54) is 31.2 Å². The van der Waals surface area contributed by atoms with Gasteiger partial charge >= 0.3 is 18.2 Å². The highest BCUT2D eigenvalue weighted by Crippen LogP contribution is 2.40. The number of aliphatic hydroxyl groups is 1. The molecular weight excluding hydrogens is 402 g/mol. The van der Waals surface area contributed by atoms with E-state index in [-0.39, 0.29) is 28.1 Å². The molecule has 160 valence electrons. The van der Waals surface area contributed by atoms with E-state index in [0.717, 1.165) is 7.11 Å². The molecule has 12 heteroatoms. The van der Waals surface area contributed by atoms with Crippen molar-refractivity contribution in [3.63, 3.8) is 0 Å². The van der Waals surface area contributed by atoms with Gasteiger partial charge in [-0.3, -0.25) is 20.2 Å². The van der Waals surface area contributed by atoms with Crippen LogP contribution in [0.3, 0.4) is 0 Å². The number of ether oxygens (including phenoxy) is 2. The van der Waals surface area contributed by atoms with Gasteiger partial charge in [0.1, 0.15) is 0 Å². The molecule has 0 amide bonds. The Hall–Kier alpha value is -3.80. The number of carbonyl (C=O) groups is 2. The smallest absolute Gasteiger partial charge is 0.347 e. The zero-order chi connectivity index (χ0) is 22.6. The predicted octanol–water partition coefficient (Wildman–Crippen LogP) is 1.14. The Balaban J connectivity index is 2.57. The van der Waals surface area contributed by atoms with Crippen LogP contribution in [0.4, 0.5) is 5.69 Å². The van der Waals surface area contributed by atoms with Crippen LogP contribution in [0.2, 0.25) is 0 Å². The molecule has 12 nitrogen and oxygen atoms in total. The van der Waals surface area contributed by atoms with Gasteiger partial charge in [-0.15, -0.1) is 0 Å². The average Bonchev–Trinajstić information content (AvgIpc) is 2.70. The summed E-state index contributed by atoms with van der Waals surface area (Å²) in [4.78, 5) is 45.3. The molecular formula is C18H19N3O9. The lowest BCUT2D eigenvalue weighted by molar-refractivity contribution is -0.572. The fourth-order valence-corrected chi connectivity index (χ4v) is 3.09. The Morgan fingerprint density at radius 1 is 1.17 bits per heavy atom. The molecule has 1 aromatic carbocycles. The minimum Gasteiger partial charge on any atom is -0.466 e. The second-order valence-electron chi connectivity index (χ2n) is 6.34. The molecule has 0 spiro atoms. The third-order valence-electron chi connectivity index (χ3n) is 4.41. The van der Waals surface area contributed by atoms with Gasteiger partial charge in [0.25, 0.3) is 5.69 Å². The van der Waals surface area contributed by atoms with Crippen molar-refractivity contribution in [3.05, 3.63) is 72.6 Å². The highest BCUT2D eigenvalue weighted by molar-refractivity contribution is 5.99. The Morgan fingerprint density at radius 2 is 1.77 bits per heavy atom. The SMILES string of the molecule is COC(=O)C1=C(C)NC(C)=C(C(=O)OCC(O)[N+](=O)[O-])C1c1cccc([N+](=O)[O-])c1. The fourth-order valence-electron chi connectivity index (χ4n) is 3.09. The number of nitro groups is 2. The third kappa shape index (κ3) is 4.60. The lowest BCUT2D eigenvalue weighted by atomic mass is 9.80. The number of nitro benzene ring substituents is 1. The molecule has 1 heterocycles. The molecule has 2 N–H and O–H groups in total. The molecule has 2 rings (SSSR count). The minimum absolute atomic E-state index is 0.0189. The summed E-state index contributed by atoms with van der Waals surface area (Å²) in [7, 11) is 1.14. The number of non-ortho nitro benzene ring substituents is 1. The number of methoxy groups -OCH3 is 1. The minimum atomic E-state index is -2.12. The summed E-state index contributed by atoms with van der Waals surface area (Å²) in [5, 5.41) is 33.9. The standard InChI is InChI=1S/C18H19N3O9/c1-9-14(17(23)29-3)16(11-5-4-6-12(7-11)20(25)26)15(10(2)19-9)18(24)30-8-13(22)21(27)28/h4-7,13,16,19,22H,8H2,1-3H3. The first-order chi connectivity index (χ1) is 14.1. The first-order valence-corrected chi connectivity index (χ1v) is 8.58. The van der Waals surface area contributed by atoms with Crippen molar-refractivity contribution in [1.82, 2.24) is 5.32 Å². The van der Waals surface area contributed by atoms with Crippen molar-refractivity contribution in [2.45, 2.75) is 26.0 Å². The lowest BCUT2D eigenvalue weighted by Crippen LogP contribution is -2.34. The van der Waals surface area contributed by atoms with Crippen LogP contribution in [0.15, 0.2) is 46.8 Å². The van der Waals surface area contributed by atoms with Gasteiger partial charge in [0, 0.05) is 23.5 Å². The van der Waals surface area contributed by atoms with E-state index in [1.807, 2.05) is 0 Å². The van der Waals surface area contributed by atoms with Gasteiger partial charge in [0.15, 0.2) is 6.61 Å². The number of esters is 2. The number of allylic oxidation sites excluding steroid dienone is 2. The third-order valence-corrected chi connectivity index (χ3v) is 4.41. The van der Waals surface area contributed by atoms with Gasteiger partial charge in [-0.1, -0.05) is 12.1 Å². The van der Waals surface area contributed by atoms with E-state index < -0.39 is 40.5 Å². The van der Waals surface area contributed by atoms with Crippen molar-refractivity contribution in [1.29, 1.82) is 0 Å². The number of hydrogen-bond donors (Lipinski definition) is 2. The topological polar surface area (TPSA) is 171 Å². The van der Waals surface area contributed by atoms with E-state index in [2.05, 4.69) is 5.32 Å². The molecule has 1 aromatic rings. The molecule has 30 heavy (non-hydrogen) atoms. The second-order valence-corrected chi connectivity index (χ2v) is 6.34. The van der Waals surface area contributed by atoms with Gasteiger partial charge in [-0.25, -0.2) is 9.59 Å². The molecule has 2 unspecified atom stereocenters. The number of carbonyl (C=O) groups excluding carboxylic acids is 2. The van der Waals surface area contributed by atoms with E-state index >= 15 is 0 Å². The van der Waals surface area contributed by atoms with Crippen LogP contribution in [0.5, 0.6) is 0 Å². The Morgan fingerprint density at radius 3 is 2.30 bits per heavy atom. The molecule has 0 aliphatic carbocycles. The van der Waals surface area contributed by atoms with Crippen molar-refractivity contribution >= 4 is 17.6 Å². The summed E-state index contributed by atoms with van der Waals surface area (Å²) >= 11 is 0.